The first kappa shape index (κ1) is 22.1. The fourth-order valence-corrected chi connectivity index (χ4v) is 3.33. The fourth-order valence-electron chi connectivity index (χ4n) is 3.33. The summed E-state index contributed by atoms with van der Waals surface area (Å²) in [6.45, 7) is 3.91. The van der Waals surface area contributed by atoms with Gasteiger partial charge in [0.1, 0.15) is 12.4 Å². The van der Waals surface area contributed by atoms with Crippen LogP contribution in [0.4, 0.5) is 0 Å². The number of nitrogens with zero attached hydrogens (tertiary/aromatic N) is 3. The van der Waals surface area contributed by atoms with Gasteiger partial charge in [-0.1, -0.05) is 30.3 Å². The number of carbonyl (C=O) groups is 3. The second kappa shape index (κ2) is 10.4. The van der Waals surface area contributed by atoms with Crippen molar-refractivity contribution in [3.63, 3.8) is 0 Å². The highest BCUT2D eigenvalue weighted by molar-refractivity contribution is 5.86. The number of morpholine rings is 1. The Morgan fingerprint density at radius 3 is 2.62 bits per heavy atom. The van der Waals surface area contributed by atoms with Crippen molar-refractivity contribution in [2.45, 2.75) is 38.6 Å². The Kier molecular flexibility index (Phi) is 7.90. The topological polar surface area (TPSA) is 116 Å². The van der Waals surface area contributed by atoms with Crippen molar-refractivity contribution in [1.82, 2.24) is 19.8 Å². The van der Waals surface area contributed by atoms with E-state index in [1.54, 1.807) is 29.2 Å². The molecule has 1 fully saturated rings. The molecule has 0 unspecified atom stereocenters. The predicted molar refractivity (Wildman–Crippen MR) is 105 cm³/mol. The molecule has 0 bridgehead atoms. The van der Waals surface area contributed by atoms with Gasteiger partial charge in [-0.05, 0) is 19.4 Å². The van der Waals surface area contributed by atoms with Crippen molar-refractivity contribution in [1.29, 1.82) is 0 Å². The highest BCUT2D eigenvalue weighted by Crippen LogP contribution is 2.32. The van der Waals surface area contributed by atoms with Gasteiger partial charge in [-0.3, -0.25) is 14.4 Å². The van der Waals surface area contributed by atoms with E-state index in [2.05, 4.69) is 9.97 Å². The monoisotopic (exact) mass is 402 g/mol. The largest absolute Gasteiger partial charge is 0.483 e. The summed E-state index contributed by atoms with van der Waals surface area (Å²) in [5, 5.41) is 6.89. The number of nitrogens with one attached hydrogen (secondary N) is 1. The number of ether oxygens (including phenoxy) is 1. The Labute approximate surface area is 169 Å². The van der Waals surface area contributed by atoms with Crippen LogP contribution in [0.15, 0.2) is 42.7 Å². The Morgan fingerprint density at radius 2 is 2.07 bits per heavy atom. The van der Waals surface area contributed by atoms with Gasteiger partial charge in [0, 0.05) is 25.5 Å². The van der Waals surface area contributed by atoms with Crippen LogP contribution < -0.4 is 0 Å². The van der Waals surface area contributed by atoms with Gasteiger partial charge in [-0.25, -0.2) is 4.98 Å². The molecule has 3 rings (SSSR count). The Morgan fingerprint density at radius 1 is 1.41 bits per heavy atom. The van der Waals surface area contributed by atoms with Gasteiger partial charge < -0.3 is 24.6 Å². The van der Waals surface area contributed by atoms with E-state index >= 15 is 0 Å². The maximum Gasteiger partial charge on any atom is 0.290 e. The van der Waals surface area contributed by atoms with Crippen molar-refractivity contribution in [2.75, 3.05) is 13.7 Å². The quantitative estimate of drug-likeness (QED) is 0.732. The third kappa shape index (κ3) is 5.41. The Hall–Kier alpha value is -3.20. The first-order valence-electron chi connectivity index (χ1n) is 9.19. The molecule has 0 spiro atoms. The molecule has 2 aromatic rings. The lowest BCUT2D eigenvalue weighted by Gasteiger charge is -2.43. The van der Waals surface area contributed by atoms with E-state index in [0.29, 0.717) is 12.4 Å². The molecule has 9 nitrogen and oxygen atoms in total. The van der Waals surface area contributed by atoms with E-state index in [9.17, 15) is 9.59 Å². The van der Waals surface area contributed by atoms with Gasteiger partial charge in [-0.2, -0.15) is 0 Å². The van der Waals surface area contributed by atoms with Crippen molar-refractivity contribution < 1.29 is 24.2 Å². The number of carbonyl (C=O) groups excluding carboxylic acids is 2. The van der Waals surface area contributed by atoms with Gasteiger partial charge >= 0.3 is 0 Å². The molecule has 0 aliphatic carbocycles. The molecule has 29 heavy (non-hydrogen) atoms. The van der Waals surface area contributed by atoms with Crippen LogP contribution in [0.1, 0.15) is 31.3 Å². The molecule has 2 atom stereocenters. The molecule has 156 valence electrons. The summed E-state index contributed by atoms with van der Waals surface area (Å²) >= 11 is 0. The lowest BCUT2D eigenvalue weighted by molar-refractivity contribution is -0.171. The van der Waals surface area contributed by atoms with E-state index in [0.717, 1.165) is 5.56 Å². The minimum Gasteiger partial charge on any atom is -0.483 e. The molecular formula is C20H26N4O5. The van der Waals surface area contributed by atoms with E-state index < -0.39 is 12.1 Å². The average molecular weight is 402 g/mol. The Bertz CT molecular complexity index is 794. The van der Waals surface area contributed by atoms with Gasteiger partial charge in [0.2, 0.25) is 5.91 Å². The zero-order chi connectivity index (χ0) is 21.4. The zero-order valence-corrected chi connectivity index (χ0v) is 16.7. The van der Waals surface area contributed by atoms with Crippen molar-refractivity contribution in [3.05, 3.63) is 54.1 Å². The summed E-state index contributed by atoms with van der Waals surface area (Å²) in [4.78, 5) is 44.4. The average Bonchev–Trinajstić information content (AvgIpc) is 3.21. The molecular weight excluding hydrogens is 376 g/mol. The molecule has 0 radical (unpaired) electrons. The van der Waals surface area contributed by atoms with E-state index in [1.807, 2.05) is 44.2 Å². The highest BCUT2D eigenvalue weighted by Gasteiger charge is 2.43. The van der Waals surface area contributed by atoms with Crippen LogP contribution in [0, 0.1) is 0 Å². The first-order valence-corrected chi connectivity index (χ1v) is 9.19. The summed E-state index contributed by atoms with van der Waals surface area (Å²) in [6.07, 6.45) is 2.62. The van der Waals surface area contributed by atoms with Crippen LogP contribution in [0.25, 0.3) is 0 Å². The summed E-state index contributed by atoms with van der Waals surface area (Å²) < 4.78 is 5.73. The molecule has 1 saturated heterocycles. The number of imidazole rings is 1. The molecule has 1 aromatic heterocycles. The second-order valence-corrected chi connectivity index (χ2v) is 6.82. The SMILES string of the molecule is CC(C)N1C(=O)CO[C@H](C(=O)N(C)Cc2ncc[nH]2)[C@H]1c1ccccc1.O=CO. The molecule has 2 heterocycles. The maximum atomic E-state index is 13.1. The van der Waals surface area contributed by atoms with Crippen LogP contribution in [0.5, 0.6) is 0 Å². The summed E-state index contributed by atoms with van der Waals surface area (Å²) in [5.41, 5.74) is 0.888. The minimum absolute atomic E-state index is 0.0396. The number of hydrogen-bond donors (Lipinski definition) is 2. The summed E-state index contributed by atoms with van der Waals surface area (Å²) in [7, 11) is 1.71. The number of benzene rings is 1. The van der Waals surface area contributed by atoms with E-state index in [-0.39, 0.29) is 30.9 Å². The summed E-state index contributed by atoms with van der Waals surface area (Å²) in [6, 6.07) is 9.08. The number of rotatable bonds is 5. The zero-order valence-electron chi connectivity index (χ0n) is 16.7. The predicted octanol–water partition coefficient (Wildman–Crippen LogP) is 1.45. The first-order chi connectivity index (χ1) is 13.9. The van der Waals surface area contributed by atoms with Gasteiger partial charge in [0.25, 0.3) is 12.4 Å². The van der Waals surface area contributed by atoms with E-state index in [4.69, 9.17) is 14.6 Å². The number of carboxylic acid groups (broad SMARTS) is 1. The van der Waals surface area contributed by atoms with Gasteiger partial charge in [-0.15, -0.1) is 0 Å². The molecule has 1 aromatic carbocycles. The molecule has 1 aliphatic heterocycles. The molecule has 0 saturated carbocycles. The number of aromatic amines is 1. The molecule has 2 amide bonds. The number of aromatic nitrogens is 2. The number of amides is 2. The number of likely N-dealkylation sites (N-methyl/N-ethyl adjacent to an activating group) is 1. The lowest BCUT2D eigenvalue weighted by atomic mass is 9.95. The van der Waals surface area contributed by atoms with Crippen LogP contribution in [0.3, 0.4) is 0 Å². The van der Waals surface area contributed by atoms with Crippen molar-refractivity contribution in [2.24, 2.45) is 0 Å². The third-order valence-electron chi connectivity index (χ3n) is 4.52. The molecule has 2 N–H and O–H groups in total. The highest BCUT2D eigenvalue weighted by atomic mass is 16.5. The maximum absolute atomic E-state index is 13.1. The smallest absolute Gasteiger partial charge is 0.290 e. The minimum atomic E-state index is -0.752. The van der Waals surface area contributed by atoms with Crippen LogP contribution in [-0.2, 0) is 25.7 Å². The lowest BCUT2D eigenvalue weighted by Crippen LogP contribution is -2.56. The third-order valence-corrected chi connectivity index (χ3v) is 4.52. The summed E-state index contributed by atoms with van der Waals surface area (Å²) in [5.74, 6) is 0.421. The standard InChI is InChI=1S/C19H24N4O3.CH2O2/c1-13(2)23-16(24)12-26-18(17(23)14-7-5-4-6-8-14)19(25)22(3)11-15-20-9-10-21-15;2-1-3/h4-10,13,17-18H,11-12H2,1-3H3,(H,20,21);1H,(H,2,3)/t17-,18+;/m1./s1. The van der Waals surface area contributed by atoms with Gasteiger partial charge in [0.15, 0.2) is 6.10 Å². The Balaban J connectivity index is 0.000000941. The number of hydrogen-bond acceptors (Lipinski definition) is 5. The number of H-pyrrole nitrogens is 1. The molecule has 9 heteroatoms. The fraction of sp³-hybridized carbons (Fsp3) is 0.400. The normalized spacial score (nSPS) is 18.8. The van der Waals surface area contributed by atoms with Crippen LogP contribution >= 0.6 is 0 Å². The van der Waals surface area contributed by atoms with Crippen LogP contribution in [-0.4, -0.2) is 69.0 Å². The van der Waals surface area contributed by atoms with Gasteiger partial charge in [0.05, 0.1) is 12.6 Å². The van der Waals surface area contributed by atoms with Crippen molar-refractivity contribution in [3.8, 4) is 0 Å². The second-order valence-electron chi connectivity index (χ2n) is 6.82. The molecule has 1 aliphatic rings. The van der Waals surface area contributed by atoms with E-state index in [1.165, 1.54) is 0 Å². The van der Waals surface area contributed by atoms with Crippen LogP contribution in [0.2, 0.25) is 0 Å². The van der Waals surface area contributed by atoms with Crippen molar-refractivity contribution >= 4 is 18.3 Å².